The first kappa shape index (κ1) is 13.3. The first-order valence-corrected chi connectivity index (χ1v) is 6.54. The summed E-state index contributed by atoms with van der Waals surface area (Å²) in [6.07, 6.45) is 0. The first-order chi connectivity index (χ1) is 9.97. The van der Waals surface area contributed by atoms with E-state index in [-0.39, 0.29) is 5.43 Å². The third-order valence-electron chi connectivity index (χ3n) is 3.57. The van der Waals surface area contributed by atoms with Gasteiger partial charge in [0.2, 0.25) is 11.1 Å². The van der Waals surface area contributed by atoms with Crippen molar-refractivity contribution in [3.05, 3.63) is 51.8 Å². The summed E-state index contributed by atoms with van der Waals surface area (Å²) in [7, 11) is 0. The molecule has 0 bridgehead atoms. The van der Waals surface area contributed by atoms with Crippen LogP contribution in [0.5, 0.6) is 0 Å². The molecule has 0 radical (unpaired) electrons. The second kappa shape index (κ2) is 4.70. The molecule has 106 valence electrons. The van der Waals surface area contributed by atoms with E-state index >= 15 is 0 Å². The van der Waals surface area contributed by atoms with E-state index in [4.69, 9.17) is 9.52 Å². The van der Waals surface area contributed by atoms with Crippen molar-refractivity contribution in [2.75, 3.05) is 0 Å². The average Bonchev–Trinajstić information content (AvgIpc) is 2.46. The predicted molar refractivity (Wildman–Crippen MR) is 78.6 cm³/mol. The monoisotopic (exact) mass is 283 g/mol. The van der Waals surface area contributed by atoms with Crippen LogP contribution in [0.4, 0.5) is 0 Å². The van der Waals surface area contributed by atoms with Crippen molar-refractivity contribution in [2.24, 2.45) is 0 Å². The zero-order chi connectivity index (χ0) is 15.1. The molecule has 21 heavy (non-hydrogen) atoms. The van der Waals surface area contributed by atoms with E-state index in [1.807, 2.05) is 6.92 Å². The van der Waals surface area contributed by atoms with Crippen molar-refractivity contribution < 1.29 is 14.3 Å². The Labute approximate surface area is 119 Å². The number of benzene rings is 1. The van der Waals surface area contributed by atoms with Gasteiger partial charge in [-0.25, -0.2) is 4.98 Å². The molecule has 5 heteroatoms. The van der Waals surface area contributed by atoms with E-state index in [9.17, 15) is 9.59 Å². The maximum atomic E-state index is 12.5. The van der Waals surface area contributed by atoms with E-state index in [2.05, 4.69) is 4.98 Å². The van der Waals surface area contributed by atoms with Crippen LogP contribution < -0.4 is 5.43 Å². The summed E-state index contributed by atoms with van der Waals surface area (Å²) < 4.78 is 5.64. The summed E-state index contributed by atoms with van der Waals surface area (Å²) in [5.41, 5.74) is 1.85. The summed E-state index contributed by atoms with van der Waals surface area (Å²) >= 11 is 0. The van der Waals surface area contributed by atoms with Crippen LogP contribution >= 0.6 is 0 Å². The van der Waals surface area contributed by atoms with Crippen LogP contribution in [0.2, 0.25) is 0 Å². The fourth-order valence-corrected chi connectivity index (χ4v) is 2.26. The summed E-state index contributed by atoms with van der Waals surface area (Å²) in [6, 6.07) is 8.28. The van der Waals surface area contributed by atoms with Gasteiger partial charge in [-0.15, -0.1) is 0 Å². The maximum absolute atomic E-state index is 12.5. The molecule has 3 rings (SSSR count). The van der Waals surface area contributed by atoms with Gasteiger partial charge >= 0.3 is 5.97 Å². The van der Waals surface area contributed by atoms with Gasteiger partial charge in [-0.2, -0.15) is 0 Å². The van der Waals surface area contributed by atoms with E-state index < -0.39 is 11.9 Å². The van der Waals surface area contributed by atoms with Crippen LogP contribution in [-0.4, -0.2) is 16.1 Å². The molecule has 0 fully saturated rings. The van der Waals surface area contributed by atoms with E-state index in [1.54, 1.807) is 37.3 Å². The SMILES string of the molecule is Cc1ccc2c(=O)c3cc(C(C)C(=O)O)ccc3oc2n1. The van der Waals surface area contributed by atoms with Crippen LogP contribution in [0.15, 0.2) is 39.5 Å². The number of carbonyl (C=O) groups is 1. The van der Waals surface area contributed by atoms with E-state index in [0.717, 1.165) is 5.69 Å². The molecule has 1 N–H and O–H groups in total. The molecule has 2 aromatic heterocycles. The van der Waals surface area contributed by atoms with Crippen molar-refractivity contribution in [1.29, 1.82) is 0 Å². The predicted octanol–water partition coefficient (Wildman–Crippen LogP) is 2.84. The van der Waals surface area contributed by atoms with Gasteiger partial charge in [0.05, 0.1) is 16.7 Å². The zero-order valence-corrected chi connectivity index (χ0v) is 11.6. The lowest BCUT2D eigenvalue weighted by molar-refractivity contribution is -0.138. The summed E-state index contributed by atoms with van der Waals surface area (Å²) in [5.74, 6) is -1.61. The zero-order valence-electron chi connectivity index (χ0n) is 11.6. The van der Waals surface area contributed by atoms with Gasteiger partial charge in [0, 0.05) is 5.69 Å². The fourth-order valence-electron chi connectivity index (χ4n) is 2.26. The molecule has 0 amide bonds. The lowest BCUT2D eigenvalue weighted by Crippen LogP contribution is -2.09. The Kier molecular flexibility index (Phi) is 2.97. The Morgan fingerprint density at radius 3 is 2.71 bits per heavy atom. The molecule has 5 nitrogen and oxygen atoms in total. The maximum Gasteiger partial charge on any atom is 0.310 e. The highest BCUT2D eigenvalue weighted by Gasteiger charge is 2.16. The standard InChI is InChI=1S/C16H13NO4/c1-8-3-5-11-14(18)12-7-10(9(2)16(19)20)4-6-13(12)21-15(11)17-8/h3-7,9H,1-2H3,(H,19,20). The van der Waals surface area contributed by atoms with Crippen molar-refractivity contribution in [1.82, 2.24) is 4.98 Å². The number of carboxylic acids is 1. The molecule has 0 aliphatic carbocycles. The molecule has 0 aliphatic heterocycles. The number of fused-ring (bicyclic) bond motifs is 2. The van der Waals surface area contributed by atoms with Gasteiger partial charge in [0.15, 0.2) is 0 Å². The minimum atomic E-state index is -0.934. The molecule has 2 heterocycles. The fraction of sp³-hybridized carbons (Fsp3) is 0.188. The average molecular weight is 283 g/mol. The Balaban J connectivity index is 2.33. The Bertz CT molecular complexity index is 927. The van der Waals surface area contributed by atoms with Crippen LogP contribution in [0.3, 0.4) is 0 Å². The second-order valence-electron chi connectivity index (χ2n) is 5.05. The minimum Gasteiger partial charge on any atom is -0.481 e. The number of aliphatic carboxylic acids is 1. The molecule has 0 saturated carbocycles. The van der Waals surface area contributed by atoms with Gasteiger partial charge in [0.25, 0.3) is 0 Å². The highest BCUT2D eigenvalue weighted by Crippen LogP contribution is 2.22. The smallest absolute Gasteiger partial charge is 0.310 e. The van der Waals surface area contributed by atoms with Crippen molar-refractivity contribution in [3.8, 4) is 0 Å². The molecule has 1 aromatic carbocycles. The van der Waals surface area contributed by atoms with Crippen LogP contribution in [0.1, 0.15) is 24.1 Å². The Morgan fingerprint density at radius 2 is 2.00 bits per heavy atom. The number of rotatable bonds is 2. The Morgan fingerprint density at radius 1 is 1.24 bits per heavy atom. The molecule has 1 unspecified atom stereocenters. The van der Waals surface area contributed by atoms with Crippen molar-refractivity contribution in [2.45, 2.75) is 19.8 Å². The van der Waals surface area contributed by atoms with Crippen LogP contribution in [0, 0.1) is 6.92 Å². The van der Waals surface area contributed by atoms with Gasteiger partial charge in [-0.05, 0) is 43.7 Å². The third kappa shape index (κ3) is 2.16. The van der Waals surface area contributed by atoms with E-state index in [1.165, 1.54) is 0 Å². The van der Waals surface area contributed by atoms with Crippen molar-refractivity contribution in [3.63, 3.8) is 0 Å². The van der Waals surface area contributed by atoms with Gasteiger partial charge in [-0.3, -0.25) is 9.59 Å². The highest BCUT2D eigenvalue weighted by molar-refractivity contribution is 5.89. The molecule has 0 spiro atoms. The second-order valence-corrected chi connectivity index (χ2v) is 5.05. The number of hydrogen-bond donors (Lipinski definition) is 1. The molecule has 3 aromatic rings. The van der Waals surface area contributed by atoms with Gasteiger partial charge in [0.1, 0.15) is 5.58 Å². The quantitative estimate of drug-likeness (QED) is 0.731. The normalized spacial score (nSPS) is 12.7. The molecule has 0 aliphatic rings. The molecular formula is C16H13NO4. The number of nitrogens with zero attached hydrogens (tertiary/aromatic N) is 1. The topological polar surface area (TPSA) is 80.4 Å². The summed E-state index contributed by atoms with van der Waals surface area (Å²) in [5, 5.41) is 9.84. The largest absolute Gasteiger partial charge is 0.481 e. The highest BCUT2D eigenvalue weighted by atomic mass is 16.4. The summed E-state index contributed by atoms with van der Waals surface area (Å²) in [4.78, 5) is 27.8. The van der Waals surface area contributed by atoms with Gasteiger partial charge in [-0.1, -0.05) is 6.07 Å². The molecule has 1 atom stereocenters. The van der Waals surface area contributed by atoms with Gasteiger partial charge < -0.3 is 9.52 Å². The molecule has 0 saturated heterocycles. The lowest BCUT2D eigenvalue weighted by atomic mass is 9.99. The molecular weight excluding hydrogens is 270 g/mol. The van der Waals surface area contributed by atoms with Crippen LogP contribution in [0.25, 0.3) is 22.1 Å². The number of hydrogen-bond acceptors (Lipinski definition) is 4. The number of pyridine rings is 1. The third-order valence-corrected chi connectivity index (χ3v) is 3.57. The Hall–Kier alpha value is -2.69. The van der Waals surface area contributed by atoms with E-state index in [0.29, 0.717) is 27.6 Å². The number of aryl methyl sites for hydroxylation is 1. The first-order valence-electron chi connectivity index (χ1n) is 6.54. The number of carboxylic acid groups (broad SMARTS) is 1. The van der Waals surface area contributed by atoms with Crippen molar-refractivity contribution >= 4 is 28.0 Å². The summed E-state index contributed by atoms with van der Waals surface area (Å²) in [6.45, 7) is 3.40. The number of aromatic nitrogens is 1. The van der Waals surface area contributed by atoms with Crippen LogP contribution in [-0.2, 0) is 4.79 Å². The minimum absolute atomic E-state index is 0.196. The lowest BCUT2D eigenvalue weighted by Gasteiger charge is -2.08.